The Kier molecular flexibility index (Phi) is 2.82. The van der Waals surface area contributed by atoms with Crippen LogP contribution in [0.15, 0.2) is 42.5 Å². The van der Waals surface area contributed by atoms with Gasteiger partial charge in [-0.2, -0.15) is 0 Å². The standard InChI is InChI=1S/C12H10IN/c1-9-11(13)7-8-12(14-9)10-5-3-2-4-6-10/h2-8H,1H3. The van der Waals surface area contributed by atoms with Crippen molar-refractivity contribution in [2.24, 2.45) is 0 Å². The number of hydrogen-bond donors (Lipinski definition) is 0. The highest BCUT2D eigenvalue weighted by Crippen LogP contribution is 2.18. The van der Waals surface area contributed by atoms with Crippen LogP contribution in [0, 0.1) is 10.5 Å². The predicted octanol–water partition coefficient (Wildman–Crippen LogP) is 3.66. The summed E-state index contributed by atoms with van der Waals surface area (Å²) in [5.74, 6) is 0. The van der Waals surface area contributed by atoms with Crippen LogP contribution in [0.5, 0.6) is 0 Å². The van der Waals surface area contributed by atoms with Gasteiger partial charge in [-0.3, -0.25) is 4.98 Å². The van der Waals surface area contributed by atoms with Crippen molar-refractivity contribution in [2.75, 3.05) is 0 Å². The van der Waals surface area contributed by atoms with Crippen LogP contribution in [0.4, 0.5) is 0 Å². The molecule has 0 amide bonds. The van der Waals surface area contributed by atoms with Gasteiger partial charge >= 0.3 is 0 Å². The third kappa shape index (κ3) is 1.95. The lowest BCUT2D eigenvalue weighted by atomic mass is 10.1. The summed E-state index contributed by atoms with van der Waals surface area (Å²) in [5.41, 5.74) is 3.31. The van der Waals surface area contributed by atoms with Crippen molar-refractivity contribution in [3.8, 4) is 11.3 Å². The normalized spacial score (nSPS) is 10.1. The first-order valence-corrected chi connectivity index (χ1v) is 5.54. The molecule has 0 fully saturated rings. The van der Waals surface area contributed by atoms with E-state index in [-0.39, 0.29) is 0 Å². The topological polar surface area (TPSA) is 12.9 Å². The first-order chi connectivity index (χ1) is 6.77. The molecule has 1 nitrogen and oxygen atoms in total. The van der Waals surface area contributed by atoms with Gasteiger partial charge in [0, 0.05) is 9.13 Å². The molecule has 70 valence electrons. The summed E-state index contributed by atoms with van der Waals surface area (Å²) < 4.78 is 1.21. The van der Waals surface area contributed by atoms with E-state index < -0.39 is 0 Å². The van der Waals surface area contributed by atoms with E-state index in [4.69, 9.17) is 0 Å². The molecule has 0 radical (unpaired) electrons. The second-order valence-corrected chi connectivity index (χ2v) is 4.29. The van der Waals surface area contributed by atoms with Crippen molar-refractivity contribution >= 4 is 22.6 Å². The fraction of sp³-hybridized carbons (Fsp3) is 0.0833. The van der Waals surface area contributed by atoms with Gasteiger partial charge in [-0.1, -0.05) is 30.3 Å². The number of halogens is 1. The fourth-order valence-electron chi connectivity index (χ4n) is 1.31. The van der Waals surface area contributed by atoms with Crippen LogP contribution < -0.4 is 0 Å². The van der Waals surface area contributed by atoms with Crippen LogP contribution in [0.3, 0.4) is 0 Å². The highest BCUT2D eigenvalue weighted by atomic mass is 127. The van der Waals surface area contributed by atoms with Crippen molar-refractivity contribution in [1.29, 1.82) is 0 Å². The first kappa shape index (κ1) is 9.65. The van der Waals surface area contributed by atoms with Crippen molar-refractivity contribution in [2.45, 2.75) is 6.92 Å². The molecule has 0 N–H and O–H groups in total. The molecule has 1 aromatic carbocycles. The summed E-state index contributed by atoms with van der Waals surface area (Å²) in [7, 11) is 0. The van der Waals surface area contributed by atoms with Gasteiger partial charge in [0.1, 0.15) is 0 Å². The molecule has 1 aromatic heterocycles. The molecule has 0 aliphatic heterocycles. The van der Waals surface area contributed by atoms with Crippen LogP contribution in [0.2, 0.25) is 0 Å². The van der Waals surface area contributed by atoms with Crippen LogP contribution in [0.25, 0.3) is 11.3 Å². The maximum Gasteiger partial charge on any atom is 0.0705 e. The second kappa shape index (κ2) is 4.09. The zero-order valence-corrected chi connectivity index (χ0v) is 10.0. The highest BCUT2D eigenvalue weighted by Gasteiger charge is 2.00. The molecule has 2 rings (SSSR count). The monoisotopic (exact) mass is 295 g/mol. The molecule has 2 aromatic rings. The molecule has 0 saturated carbocycles. The fourth-order valence-corrected chi connectivity index (χ4v) is 1.61. The third-order valence-electron chi connectivity index (χ3n) is 2.09. The van der Waals surface area contributed by atoms with Crippen LogP contribution in [0.1, 0.15) is 5.69 Å². The van der Waals surface area contributed by atoms with E-state index in [0.29, 0.717) is 0 Å². The first-order valence-electron chi connectivity index (χ1n) is 4.46. The van der Waals surface area contributed by atoms with Gasteiger partial charge in [0.05, 0.1) is 11.4 Å². The predicted molar refractivity (Wildman–Crippen MR) is 67.1 cm³/mol. The van der Waals surface area contributed by atoms with Crippen molar-refractivity contribution < 1.29 is 0 Å². The molecular weight excluding hydrogens is 285 g/mol. The van der Waals surface area contributed by atoms with E-state index in [9.17, 15) is 0 Å². The van der Waals surface area contributed by atoms with Crippen LogP contribution in [-0.4, -0.2) is 4.98 Å². The summed E-state index contributed by atoms with van der Waals surface area (Å²) in [4.78, 5) is 4.54. The maximum atomic E-state index is 4.54. The van der Waals surface area contributed by atoms with E-state index in [2.05, 4.69) is 51.8 Å². The van der Waals surface area contributed by atoms with Gasteiger partial charge in [-0.05, 0) is 41.6 Å². The Morgan fingerprint density at radius 2 is 1.71 bits per heavy atom. The molecule has 0 atom stereocenters. The van der Waals surface area contributed by atoms with Crippen LogP contribution in [-0.2, 0) is 0 Å². The molecule has 0 bridgehead atoms. The summed E-state index contributed by atoms with van der Waals surface area (Å²) >= 11 is 2.30. The molecule has 1 heterocycles. The Morgan fingerprint density at radius 1 is 1.00 bits per heavy atom. The maximum absolute atomic E-state index is 4.54. The van der Waals surface area contributed by atoms with Gasteiger partial charge in [0.15, 0.2) is 0 Å². The Morgan fingerprint density at radius 3 is 2.36 bits per heavy atom. The highest BCUT2D eigenvalue weighted by molar-refractivity contribution is 14.1. The molecule has 0 aliphatic carbocycles. The lowest BCUT2D eigenvalue weighted by Crippen LogP contribution is -1.89. The minimum Gasteiger partial charge on any atom is -0.252 e. The molecule has 0 aliphatic rings. The van der Waals surface area contributed by atoms with Gasteiger partial charge < -0.3 is 0 Å². The van der Waals surface area contributed by atoms with Gasteiger partial charge in [0.25, 0.3) is 0 Å². The van der Waals surface area contributed by atoms with E-state index in [1.807, 2.05) is 25.1 Å². The van der Waals surface area contributed by atoms with E-state index in [1.165, 1.54) is 9.13 Å². The Balaban J connectivity index is 2.48. The van der Waals surface area contributed by atoms with E-state index >= 15 is 0 Å². The molecular formula is C12H10IN. The van der Waals surface area contributed by atoms with Gasteiger partial charge in [-0.25, -0.2) is 0 Å². The quantitative estimate of drug-likeness (QED) is 0.732. The number of benzene rings is 1. The lowest BCUT2D eigenvalue weighted by molar-refractivity contribution is 1.18. The van der Waals surface area contributed by atoms with Crippen molar-refractivity contribution in [3.63, 3.8) is 0 Å². The number of nitrogens with zero attached hydrogens (tertiary/aromatic N) is 1. The van der Waals surface area contributed by atoms with Crippen molar-refractivity contribution in [3.05, 3.63) is 51.7 Å². The summed E-state index contributed by atoms with van der Waals surface area (Å²) in [6.45, 7) is 2.04. The van der Waals surface area contributed by atoms with Gasteiger partial charge in [0.2, 0.25) is 0 Å². The van der Waals surface area contributed by atoms with E-state index in [0.717, 1.165) is 11.4 Å². The molecule has 0 spiro atoms. The second-order valence-electron chi connectivity index (χ2n) is 3.13. The summed E-state index contributed by atoms with van der Waals surface area (Å²) in [6.07, 6.45) is 0. The average Bonchev–Trinajstić information content (AvgIpc) is 2.23. The average molecular weight is 295 g/mol. The zero-order chi connectivity index (χ0) is 9.97. The lowest BCUT2D eigenvalue weighted by Gasteiger charge is -2.02. The Hall–Kier alpha value is -0.900. The molecule has 0 saturated heterocycles. The minimum absolute atomic E-state index is 1.04. The zero-order valence-electron chi connectivity index (χ0n) is 7.87. The van der Waals surface area contributed by atoms with Crippen LogP contribution >= 0.6 is 22.6 Å². The minimum atomic E-state index is 1.04. The third-order valence-corrected chi connectivity index (χ3v) is 3.23. The Labute approximate surface area is 97.3 Å². The summed E-state index contributed by atoms with van der Waals surface area (Å²) in [6, 6.07) is 14.4. The summed E-state index contributed by atoms with van der Waals surface area (Å²) in [5, 5.41) is 0. The van der Waals surface area contributed by atoms with Gasteiger partial charge in [-0.15, -0.1) is 0 Å². The smallest absolute Gasteiger partial charge is 0.0705 e. The number of aromatic nitrogens is 1. The largest absolute Gasteiger partial charge is 0.252 e. The molecule has 2 heteroatoms. The SMILES string of the molecule is Cc1nc(-c2ccccc2)ccc1I. The number of rotatable bonds is 1. The number of pyridine rings is 1. The number of hydrogen-bond acceptors (Lipinski definition) is 1. The van der Waals surface area contributed by atoms with Crippen molar-refractivity contribution in [1.82, 2.24) is 4.98 Å². The number of aryl methyl sites for hydroxylation is 1. The molecule has 0 unspecified atom stereocenters. The van der Waals surface area contributed by atoms with E-state index in [1.54, 1.807) is 0 Å². The Bertz CT molecular complexity index is 437. The molecule has 14 heavy (non-hydrogen) atoms.